The van der Waals surface area contributed by atoms with Gasteiger partial charge in [-0.25, -0.2) is 0 Å². The zero-order chi connectivity index (χ0) is 11.8. The molecule has 1 aromatic carbocycles. The predicted octanol–water partition coefficient (Wildman–Crippen LogP) is 1.76. The summed E-state index contributed by atoms with van der Waals surface area (Å²) >= 11 is 0. The molecule has 0 saturated carbocycles. The van der Waals surface area contributed by atoms with Crippen molar-refractivity contribution in [2.45, 2.75) is 13.8 Å². The van der Waals surface area contributed by atoms with E-state index in [0.29, 0.717) is 0 Å². The second kappa shape index (κ2) is 6.67. The van der Waals surface area contributed by atoms with E-state index < -0.39 is 4.92 Å². The molecule has 0 fully saturated rings. The number of nitrogens with zero attached hydrogens (tertiary/aromatic N) is 1. The molecule has 15 heavy (non-hydrogen) atoms. The topological polar surface area (TPSA) is 86.2 Å². The third-order valence-electron chi connectivity index (χ3n) is 1.56. The van der Waals surface area contributed by atoms with Crippen molar-refractivity contribution in [3.63, 3.8) is 0 Å². The molecule has 2 N–H and O–H groups in total. The lowest BCUT2D eigenvalue weighted by Crippen LogP contribution is -2.13. The zero-order valence-electron chi connectivity index (χ0n) is 8.77. The first-order valence-corrected chi connectivity index (χ1v) is 4.63. The molecule has 0 radical (unpaired) electrons. The van der Waals surface area contributed by atoms with E-state index in [9.17, 15) is 14.9 Å². The van der Waals surface area contributed by atoms with Crippen LogP contribution < -0.4 is 5.73 Å². The van der Waals surface area contributed by atoms with Gasteiger partial charge in [-0.1, -0.05) is 26.0 Å². The van der Waals surface area contributed by atoms with Crippen molar-refractivity contribution in [3.05, 3.63) is 39.9 Å². The van der Waals surface area contributed by atoms with Crippen molar-refractivity contribution in [1.29, 1.82) is 0 Å². The highest BCUT2D eigenvalue weighted by molar-refractivity contribution is 5.97. The number of Topliss-reactive ketones (excluding diaryl/α,β-unsaturated/α-hetero) is 1. The molecule has 1 aromatic rings. The van der Waals surface area contributed by atoms with Crippen LogP contribution in [0.25, 0.3) is 0 Å². The Kier molecular flexibility index (Phi) is 5.89. The average molecular weight is 210 g/mol. The van der Waals surface area contributed by atoms with Gasteiger partial charge in [0.25, 0.3) is 5.69 Å². The Bertz CT molecular complexity index is 350. The minimum atomic E-state index is -0.548. The van der Waals surface area contributed by atoms with E-state index in [1.54, 1.807) is 0 Å². The van der Waals surface area contributed by atoms with Crippen LogP contribution in [0.2, 0.25) is 0 Å². The summed E-state index contributed by atoms with van der Waals surface area (Å²) in [5.41, 5.74) is 5.29. The van der Waals surface area contributed by atoms with Crippen LogP contribution in [0.3, 0.4) is 0 Å². The van der Waals surface area contributed by atoms with E-state index in [-0.39, 0.29) is 23.6 Å². The number of rotatable bonds is 3. The Morgan fingerprint density at radius 3 is 2.53 bits per heavy atom. The molecular formula is C10H14N2O3. The fraction of sp³-hybridized carbons (Fsp3) is 0.300. The lowest BCUT2D eigenvalue weighted by molar-refractivity contribution is -0.384. The number of nitro groups is 1. The van der Waals surface area contributed by atoms with E-state index in [1.165, 1.54) is 24.3 Å². The van der Waals surface area contributed by atoms with Gasteiger partial charge >= 0.3 is 0 Å². The van der Waals surface area contributed by atoms with Gasteiger partial charge < -0.3 is 5.73 Å². The summed E-state index contributed by atoms with van der Waals surface area (Å²) in [4.78, 5) is 20.8. The maximum Gasteiger partial charge on any atom is 0.270 e. The van der Waals surface area contributed by atoms with Crippen molar-refractivity contribution in [2.75, 3.05) is 6.54 Å². The Morgan fingerprint density at radius 1 is 1.47 bits per heavy atom. The van der Waals surface area contributed by atoms with Crippen LogP contribution in [0.15, 0.2) is 24.3 Å². The first-order chi connectivity index (χ1) is 7.15. The normalized spacial score (nSPS) is 8.73. The molecule has 0 unspecified atom stereocenters. The van der Waals surface area contributed by atoms with E-state index >= 15 is 0 Å². The minimum absolute atomic E-state index is 0.0979. The summed E-state index contributed by atoms with van der Waals surface area (Å²) in [5, 5.41) is 10.3. The Labute approximate surface area is 88.1 Å². The molecule has 0 aliphatic rings. The first-order valence-electron chi connectivity index (χ1n) is 4.63. The van der Waals surface area contributed by atoms with Gasteiger partial charge in [-0.3, -0.25) is 14.9 Å². The van der Waals surface area contributed by atoms with Gasteiger partial charge in [-0.2, -0.15) is 0 Å². The molecule has 5 heteroatoms. The molecule has 0 spiro atoms. The number of ketones is 1. The zero-order valence-corrected chi connectivity index (χ0v) is 8.77. The van der Waals surface area contributed by atoms with Crippen LogP contribution in [0.5, 0.6) is 0 Å². The highest BCUT2D eigenvalue weighted by Crippen LogP contribution is 2.12. The van der Waals surface area contributed by atoms with Gasteiger partial charge in [0.05, 0.1) is 11.5 Å². The van der Waals surface area contributed by atoms with Crippen molar-refractivity contribution >= 4 is 11.5 Å². The highest BCUT2D eigenvalue weighted by atomic mass is 16.6. The van der Waals surface area contributed by atoms with Crippen LogP contribution in [-0.4, -0.2) is 17.3 Å². The minimum Gasteiger partial charge on any atom is -0.324 e. The van der Waals surface area contributed by atoms with E-state index in [4.69, 9.17) is 5.73 Å². The number of nitrogens with two attached hydrogens (primary N) is 1. The number of hydrogen-bond donors (Lipinski definition) is 1. The second-order valence-electron chi connectivity index (χ2n) is 2.43. The number of benzene rings is 1. The summed E-state index contributed by atoms with van der Waals surface area (Å²) in [5.74, 6) is -0.302. The van der Waals surface area contributed by atoms with Crippen LogP contribution >= 0.6 is 0 Å². The highest BCUT2D eigenvalue weighted by Gasteiger charge is 2.09. The summed E-state index contributed by atoms with van der Waals surface area (Å²) in [6, 6.07) is 5.51. The van der Waals surface area contributed by atoms with Crippen LogP contribution in [-0.2, 0) is 0 Å². The lowest BCUT2D eigenvalue weighted by atomic mass is 10.1. The van der Waals surface area contributed by atoms with Gasteiger partial charge in [0.15, 0.2) is 5.78 Å². The largest absolute Gasteiger partial charge is 0.324 e. The second-order valence-corrected chi connectivity index (χ2v) is 2.43. The Morgan fingerprint density at radius 2 is 2.07 bits per heavy atom. The van der Waals surface area contributed by atoms with Gasteiger partial charge in [0.2, 0.25) is 0 Å². The maximum atomic E-state index is 11.0. The number of non-ortho nitro benzene ring substituents is 1. The molecule has 0 atom stereocenters. The van der Waals surface area contributed by atoms with Gasteiger partial charge in [-0.15, -0.1) is 0 Å². The lowest BCUT2D eigenvalue weighted by Gasteiger charge is -1.96. The van der Waals surface area contributed by atoms with Crippen molar-refractivity contribution < 1.29 is 9.72 Å². The fourth-order valence-electron chi connectivity index (χ4n) is 0.911. The molecule has 0 saturated heterocycles. The molecule has 82 valence electrons. The SMILES string of the molecule is CC.NCC(=O)c1cccc([N+](=O)[O-])c1. The molecule has 0 amide bonds. The molecule has 0 heterocycles. The quantitative estimate of drug-likeness (QED) is 0.468. The first kappa shape index (κ1) is 13.2. The van der Waals surface area contributed by atoms with Crippen molar-refractivity contribution in [2.24, 2.45) is 5.73 Å². The number of carbonyl (C=O) groups excluding carboxylic acids is 1. The number of nitro benzene ring substituents is 1. The monoisotopic (exact) mass is 210 g/mol. The summed E-state index contributed by atoms with van der Waals surface area (Å²) < 4.78 is 0. The van der Waals surface area contributed by atoms with E-state index in [2.05, 4.69) is 0 Å². The fourth-order valence-corrected chi connectivity index (χ4v) is 0.911. The van der Waals surface area contributed by atoms with Crippen molar-refractivity contribution in [1.82, 2.24) is 0 Å². The predicted molar refractivity (Wildman–Crippen MR) is 57.8 cm³/mol. The molecule has 0 aromatic heterocycles. The molecule has 0 bridgehead atoms. The standard InChI is InChI=1S/C8H8N2O3.C2H6/c9-5-8(11)6-2-1-3-7(4-6)10(12)13;1-2/h1-4H,5,9H2;1-2H3. The maximum absolute atomic E-state index is 11.0. The smallest absolute Gasteiger partial charge is 0.270 e. The van der Waals surface area contributed by atoms with E-state index in [1.807, 2.05) is 13.8 Å². The molecule has 1 rings (SSSR count). The summed E-state index contributed by atoms with van der Waals surface area (Å²) in [7, 11) is 0. The van der Waals surface area contributed by atoms with E-state index in [0.717, 1.165) is 0 Å². The van der Waals surface area contributed by atoms with Crippen LogP contribution in [0.4, 0.5) is 5.69 Å². The number of carbonyl (C=O) groups is 1. The van der Waals surface area contributed by atoms with Gasteiger partial charge in [0.1, 0.15) is 0 Å². The van der Waals surface area contributed by atoms with Gasteiger partial charge in [-0.05, 0) is 0 Å². The summed E-state index contributed by atoms with van der Waals surface area (Å²) in [6.45, 7) is 3.86. The third-order valence-corrected chi connectivity index (χ3v) is 1.56. The van der Waals surface area contributed by atoms with Crippen molar-refractivity contribution in [3.8, 4) is 0 Å². The van der Waals surface area contributed by atoms with Gasteiger partial charge in [0, 0.05) is 17.7 Å². The molecule has 5 nitrogen and oxygen atoms in total. The summed E-state index contributed by atoms with van der Waals surface area (Å²) in [6.07, 6.45) is 0. The third kappa shape index (κ3) is 3.86. The molecular weight excluding hydrogens is 196 g/mol. The Balaban J connectivity index is 0.000000921. The number of hydrogen-bond acceptors (Lipinski definition) is 4. The van der Waals surface area contributed by atoms with Crippen LogP contribution in [0.1, 0.15) is 24.2 Å². The van der Waals surface area contributed by atoms with Crippen LogP contribution in [0, 0.1) is 10.1 Å². The average Bonchev–Trinajstić information content (AvgIpc) is 2.30. The molecule has 0 aliphatic carbocycles. The molecule has 0 aliphatic heterocycles. The Hall–Kier alpha value is -1.75.